The molecule has 0 aliphatic rings. The van der Waals surface area contributed by atoms with Crippen molar-refractivity contribution in [1.82, 2.24) is 0 Å². The summed E-state index contributed by atoms with van der Waals surface area (Å²) in [5.74, 6) is 0. The highest BCUT2D eigenvalue weighted by Crippen LogP contribution is 2.07. The van der Waals surface area contributed by atoms with Gasteiger partial charge in [-0.2, -0.15) is 0 Å². The average molecular weight is 198 g/mol. The van der Waals surface area contributed by atoms with Gasteiger partial charge < -0.3 is 0 Å². The van der Waals surface area contributed by atoms with Crippen molar-refractivity contribution >= 4 is 24.3 Å². The van der Waals surface area contributed by atoms with Gasteiger partial charge in [-0.3, -0.25) is 0 Å². The SMILES string of the molecule is C=Cc1cc(=C/C)/c(=C\C)cc1/C=C/C. The zero-order valence-corrected chi connectivity index (χ0v) is 9.75. The summed E-state index contributed by atoms with van der Waals surface area (Å²) in [4.78, 5) is 0. The van der Waals surface area contributed by atoms with E-state index in [4.69, 9.17) is 0 Å². The Morgan fingerprint density at radius 2 is 1.47 bits per heavy atom. The second-order valence-corrected chi connectivity index (χ2v) is 3.39. The normalized spacial score (nSPS) is 13.8. The van der Waals surface area contributed by atoms with Crippen LogP contribution in [0.15, 0.2) is 24.8 Å². The van der Waals surface area contributed by atoms with Crippen LogP contribution in [0.3, 0.4) is 0 Å². The molecule has 0 unspecified atom stereocenters. The highest BCUT2D eigenvalue weighted by atomic mass is 14.0. The first kappa shape index (κ1) is 11.5. The number of allylic oxidation sites excluding steroid dienone is 1. The van der Waals surface area contributed by atoms with Gasteiger partial charge in [0, 0.05) is 0 Å². The molecule has 0 saturated carbocycles. The molecule has 0 spiro atoms. The van der Waals surface area contributed by atoms with Gasteiger partial charge in [0.15, 0.2) is 0 Å². The number of hydrogen-bond acceptors (Lipinski definition) is 0. The van der Waals surface area contributed by atoms with Crippen molar-refractivity contribution in [2.75, 3.05) is 0 Å². The third-order valence-corrected chi connectivity index (χ3v) is 2.48. The summed E-state index contributed by atoms with van der Waals surface area (Å²) in [5.41, 5.74) is 2.41. The molecule has 0 aliphatic heterocycles. The fraction of sp³-hybridized carbons (Fsp3) is 0.200. The van der Waals surface area contributed by atoms with Crippen LogP contribution < -0.4 is 10.4 Å². The van der Waals surface area contributed by atoms with Gasteiger partial charge in [0.25, 0.3) is 0 Å². The van der Waals surface area contributed by atoms with E-state index in [0.717, 1.165) is 0 Å². The number of rotatable bonds is 2. The van der Waals surface area contributed by atoms with Crippen molar-refractivity contribution in [3.8, 4) is 0 Å². The summed E-state index contributed by atoms with van der Waals surface area (Å²) in [6.45, 7) is 10.0. The second-order valence-electron chi connectivity index (χ2n) is 3.39. The van der Waals surface area contributed by atoms with Crippen LogP contribution in [-0.2, 0) is 0 Å². The summed E-state index contributed by atoms with van der Waals surface area (Å²) >= 11 is 0. The molecule has 0 saturated heterocycles. The fourth-order valence-electron chi connectivity index (χ4n) is 1.67. The van der Waals surface area contributed by atoms with Gasteiger partial charge in [0.2, 0.25) is 0 Å². The Bertz CT molecular complexity index is 488. The lowest BCUT2D eigenvalue weighted by atomic mass is 10.0. The molecule has 15 heavy (non-hydrogen) atoms. The average Bonchev–Trinajstić information content (AvgIpc) is 2.28. The molecule has 0 aliphatic carbocycles. The van der Waals surface area contributed by atoms with Crippen LogP contribution in [0.5, 0.6) is 0 Å². The van der Waals surface area contributed by atoms with Crippen molar-refractivity contribution in [3.05, 3.63) is 46.4 Å². The van der Waals surface area contributed by atoms with Crippen LogP contribution >= 0.6 is 0 Å². The van der Waals surface area contributed by atoms with Gasteiger partial charge in [0.05, 0.1) is 0 Å². The van der Waals surface area contributed by atoms with Crippen LogP contribution in [0.1, 0.15) is 31.9 Å². The predicted molar refractivity (Wildman–Crippen MR) is 70.8 cm³/mol. The van der Waals surface area contributed by atoms with Crippen molar-refractivity contribution in [1.29, 1.82) is 0 Å². The van der Waals surface area contributed by atoms with E-state index in [-0.39, 0.29) is 0 Å². The molecule has 0 N–H and O–H groups in total. The van der Waals surface area contributed by atoms with Gasteiger partial charge in [-0.1, -0.05) is 37.0 Å². The maximum absolute atomic E-state index is 3.85. The van der Waals surface area contributed by atoms with Crippen molar-refractivity contribution in [2.45, 2.75) is 20.8 Å². The Balaban J connectivity index is 3.64. The highest BCUT2D eigenvalue weighted by Gasteiger charge is 1.95. The molecule has 1 aromatic carbocycles. The minimum Gasteiger partial charge on any atom is -0.0984 e. The molecule has 78 valence electrons. The molecular weight excluding hydrogens is 180 g/mol. The topological polar surface area (TPSA) is 0 Å². The minimum absolute atomic E-state index is 1.19. The summed E-state index contributed by atoms with van der Waals surface area (Å²) in [5, 5.41) is 2.54. The third-order valence-electron chi connectivity index (χ3n) is 2.48. The molecule has 1 rings (SSSR count). The van der Waals surface area contributed by atoms with Crippen LogP contribution in [-0.4, -0.2) is 0 Å². The van der Waals surface area contributed by atoms with Gasteiger partial charge in [0.1, 0.15) is 0 Å². The van der Waals surface area contributed by atoms with Gasteiger partial charge in [-0.15, -0.1) is 0 Å². The molecule has 0 heterocycles. The van der Waals surface area contributed by atoms with E-state index in [1.54, 1.807) is 0 Å². The quantitative estimate of drug-likeness (QED) is 0.685. The number of hydrogen-bond donors (Lipinski definition) is 0. The van der Waals surface area contributed by atoms with E-state index in [2.05, 4.69) is 56.9 Å². The van der Waals surface area contributed by atoms with E-state index in [1.165, 1.54) is 21.6 Å². The monoisotopic (exact) mass is 198 g/mol. The van der Waals surface area contributed by atoms with Crippen LogP contribution in [0.4, 0.5) is 0 Å². The van der Waals surface area contributed by atoms with E-state index in [0.29, 0.717) is 0 Å². The van der Waals surface area contributed by atoms with Crippen molar-refractivity contribution in [3.63, 3.8) is 0 Å². The molecule has 0 bridgehead atoms. The van der Waals surface area contributed by atoms with Gasteiger partial charge >= 0.3 is 0 Å². The molecule has 0 heteroatoms. The molecule has 0 aromatic heterocycles. The van der Waals surface area contributed by atoms with Crippen LogP contribution in [0, 0.1) is 0 Å². The van der Waals surface area contributed by atoms with E-state index in [9.17, 15) is 0 Å². The first-order valence-corrected chi connectivity index (χ1v) is 5.28. The Hall–Kier alpha value is -1.56. The highest BCUT2D eigenvalue weighted by molar-refractivity contribution is 5.65. The maximum Gasteiger partial charge on any atom is -0.0181 e. The Kier molecular flexibility index (Phi) is 4.11. The molecule has 0 fully saturated rings. The van der Waals surface area contributed by atoms with E-state index >= 15 is 0 Å². The summed E-state index contributed by atoms with van der Waals surface area (Å²) < 4.78 is 0. The minimum atomic E-state index is 1.19. The van der Waals surface area contributed by atoms with Crippen molar-refractivity contribution < 1.29 is 0 Å². The van der Waals surface area contributed by atoms with Gasteiger partial charge in [-0.05, 0) is 54.5 Å². The second kappa shape index (κ2) is 5.35. The largest absolute Gasteiger partial charge is 0.0984 e. The smallest absolute Gasteiger partial charge is 0.0181 e. The first-order chi connectivity index (χ1) is 7.26. The summed E-state index contributed by atoms with van der Waals surface area (Å²) in [6.07, 6.45) is 10.3. The predicted octanol–water partition coefficient (Wildman–Crippen LogP) is 2.96. The maximum atomic E-state index is 3.85. The zero-order valence-electron chi connectivity index (χ0n) is 9.75. The Morgan fingerprint density at radius 1 is 0.933 bits per heavy atom. The Labute approximate surface area is 92.0 Å². The first-order valence-electron chi connectivity index (χ1n) is 5.28. The molecule has 0 atom stereocenters. The van der Waals surface area contributed by atoms with E-state index < -0.39 is 0 Å². The van der Waals surface area contributed by atoms with Crippen LogP contribution in [0.2, 0.25) is 0 Å². The fourth-order valence-corrected chi connectivity index (χ4v) is 1.67. The zero-order chi connectivity index (χ0) is 11.3. The molecular formula is C15H18. The summed E-state index contributed by atoms with van der Waals surface area (Å²) in [7, 11) is 0. The molecule has 0 radical (unpaired) electrons. The lowest BCUT2D eigenvalue weighted by Gasteiger charge is -2.01. The standard InChI is InChI=1S/C15H18/c1-5-9-15-11-13(7-3)12(6-2)10-14(15)8-4/h5-11H,4H2,1-3H3/b9-5+,12-6-,13-7-. The van der Waals surface area contributed by atoms with Gasteiger partial charge in [-0.25, -0.2) is 0 Å². The number of benzene rings is 1. The molecule has 1 aromatic rings. The lowest BCUT2D eigenvalue weighted by Crippen LogP contribution is -2.24. The molecule has 0 amide bonds. The molecule has 0 nitrogen and oxygen atoms in total. The third kappa shape index (κ3) is 2.47. The van der Waals surface area contributed by atoms with Crippen molar-refractivity contribution in [2.24, 2.45) is 0 Å². The Morgan fingerprint density at radius 3 is 1.87 bits per heavy atom. The lowest BCUT2D eigenvalue weighted by molar-refractivity contribution is 1.45. The van der Waals surface area contributed by atoms with Crippen LogP contribution in [0.25, 0.3) is 24.3 Å². The van der Waals surface area contributed by atoms with E-state index in [1.807, 2.05) is 13.0 Å². The summed E-state index contributed by atoms with van der Waals surface area (Å²) in [6, 6.07) is 4.38.